The summed E-state index contributed by atoms with van der Waals surface area (Å²) >= 11 is 0. The van der Waals surface area contributed by atoms with Gasteiger partial charge < -0.3 is 20.3 Å². The molecular weight excluding hydrogens is 508 g/mol. The van der Waals surface area contributed by atoms with Gasteiger partial charge in [-0.3, -0.25) is 14.3 Å². The van der Waals surface area contributed by atoms with Crippen LogP contribution in [0.5, 0.6) is 5.75 Å². The topological polar surface area (TPSA) is 106 Å². The normalized spacial score (nSPS) is 19.9. The summed E-state index contributed by atoms with van der Waals surface area (Å²) in [5.41, 5.74) is 1.31. The van der Waals surface area contributed by atoms with Crippen LogP contribution in [0.4, 0.5) is 14.5 Å². The lowest BCUT2D eigenvalue weighted by atomic mass is 9.60. The molecule has 1 saturated carbocycles. The molecule has 208 valence electrons. The third-order valence-electron chi connectivity index (χ3n) is 8.67. The van der Waals surface area contributed by atoms with Crippen molar-refractivity contribution in [2.24, 2.45) is 11.3 Å². The lowest BCUT2D eigenvalue weighted by Crippen LogP contribution is -2.51. The minimum absolute atomic E-state index is 0.114. The Morgan fingerprint density at radius 2 is 1.90 bits per heavy atom. The van der Waals surface area contributed by atoms with E-state index in [1.54, 1.807) is 12.1 Å². The number of piperidine rings is 2. The molecule has 0 unspecified atom stereocenters. The number of carbonyl (C=O) groups is 2. The molecule has 0 radical (unpaired) electrons. The maximum atomic E-state index is 12.9. The molecule has 1 aromatic carbocycles. The Morgan fingerprint density at radius 3 is 2.56 bits per heavy atom. The van der Waals surface area contributed by atoms with E-state index in [-0.39, 0.29) is 23.1 Å². The van der Waals surface area contributed by atoms with Crippen LogP contribution >= 0.6 is 0 Å². The first-order valence-electron chi connectivity index (χ1n) is 13.6. The van der Waals surface area contributed by atoms with Crippen LogP contribution in [0.2, 0.25) is 0 Å². The van der Waals surface area contributed by atoms with Crippen LogP contribution in [0.15, 0.2) is 30.6 Å². The molecule has 1 spiro atoms. The molecule has 3 fully saturated rings. The van der Waals surface area contributed by atoms with Crippen LogP contribution < -0.4 is 15.4 Å². The highest BCUT2D eigenvalue weighted by Gasteiger charge is 2.47. The average molecular weight is 542 g/mol. The van der Waals surface area contributed by atoms with Crippen LogP contribution in [-0.4, -0.2) is 69.6 Å². The number of nitrogens with one attached hydrogen (secondary N) is 2. The fraction of sp³-hybridized carbons (Fsp3) is 0.556. The summed E-state index contributed by atoms with van der Waals surface area (Å²) in [5.74, 6) is 0.322. The second-order valence-corrected chi connectivity index (χ2v) is 11.0. The Morgan fingerprint density at radius 1 is 1.15 bits per heavy atom. The SMILES string of the molecule is COc1cc2nn(C3CC4(CCN(C(=O)C5CCNCC5)CC4)C3)cc2cc1NC(=O)c1ccn(C(F)F)n1. The molecule has 3 aliphatic rings. The van der Waals surface area contributed by atoms with Gasteiger partial charge in [0, 0.05) is 42.9 Å². The number of halogens is 2. The third-order valence-corrected chi connectivity index (χ3v) is 8.67. The molecular formula is C27H33F2N7O3. The Hall–Kier alpha value is -3.54. The second-order valence-electron chi connectivity index (χ2n) is 11.0. The van der Waals surface area contributed by atoms with E-state index in [9.17, 15) is 18.4 Å². The molecule has 6 rings (SSSR count). The zero-order chi connectivity index (χ0) is 27.1. The van der Waals surface area contributed by atoms with E-state index < -0.39 is 12.5 Å². The van der Waals surface area contributed by atoms with E-state index in [2.05, 4.69) is 20.6 Å². The van der Waals surface area contributed by atoms with Crippen molar-refractivity contribution in [3.05, 3.63) is 36.3 Å². The monoisotopic (exact) mass is 541 g/mol. The van der Waals surface area contributed by atoms with Gasteiger partial charge in [-0.25, -0.2) is 4.68 Å². The predicted octanol–water partition coefficient (Wildman–Crippen LogP) is 3.83. The summed E-state index contributed by atoms with van der Waals surface area (Å²) < 4.78 is 33.5. The molecule has 2 aromatic heterocycles. The largest absolute Gasteiger partial charge is 0.494 e. The van der Waals surface area contributed by atoms with Crippen LogP contribution in [0.3, 0.4) is 0 Å². The van der Waals surface area contributed by atoms with Crippen molar-refractivity contribution in [1.82, 2.24) is 29.8 Å². The van der Waals surface area contributed by atoms with Crippen molar-refractivity contribution in [2.75, 3.05) is 38.6 Å². The maximum Gasteiger partial charge on any atom is 0.333 e. The van der Waals surface area contributed by atoms with Gasteiger partial charge in [0.25, 0.3) is 5.91 Å². The first kappa shape index (κ1) is 25.7. The zero-order valence-electron chi connectivity index (χ0n) is 21.9. The van der Waals surface area contributed by atoms with E-state index in [1.807, 2.05) is 10.9 Å². The van der Waals surface area contributed by atoms with Crippen molar-refractivity contribution in [3.63, 3.8) is 0 Å². The fourth-order valence-electron chi connectivity index (χ4n) is 6.34. The fourth-order valence-corrected chi connectivity index (χ4v) is 6.34. The number of fused-ring (bicyclic) bond motifs is 1. The summed E-state index contributed by atoms with van der Waals surface area (Å²) in [5, 5.41) is 15.3. The van der Waals surface area contributed by atoms with Crippen LogP contribution in [0, 0.1) is 11.3 Å². The molecule has 2 amide bonds. The van der Waals surface area contributed by atoms with Crippen LogP contribution in [0.25, 0.3) is 10.9 Å². The zero-order valence-corrected chi connectivity index (χ0v) is 21.9. The Bertz CT molecular complexity index is 1360. The summed E-state index contributed by atoms with van der Waals surface area (Å²) in [7, 11) is 1.50. The van der Waals surface area contributed by atoms with E-state index >= 15 is 0 Å². The van der Waals surface area contributed by atoms with E-state index in [4.69, 9.17) is 9.84 Å². The highest BCUT2D eigenvalue weighted by Crippen LogP contribution is 2.55. The molecule has 3 aromatic rings. The number of aromatic nitrogens is 4. The molecule has 4 heterocycles. The summed E-state index contributed by atoms with van der Waals surface area (Å²) in [6, 6.07) is 5.06. The molecule has 10 nitrogen and oxygen atoms in total. The van der Waals surface area contributed by atoms with Gasteiger partial charge in [0.1, 0.15) is 5.75 Å². The minimum atomic E-state index is -2.82. The summed E-state index contributed by atoms with van der Waals surface area (Å²) in [6.07, 6.45) is 9.05. The Kier molecular flexibility index (Phi) is 6.74. The molecule has 2 aliphatic heterocycles. The number of methoxy groups -OCH3 is 1. The lowest BCUT2D eigenvalue weighted by molar-refractivity contribution is -0.140. The molecule has 2 N–H and O–H groups in total. The number of nitrogens with zero attached hydrogens (tertiary/aromatic N) is 5. The second kappa shape index (κ2) is 10.2. The summed E-state index contributed by atoms with van der Waals surface area (Å²) in [4.78, 5) is 27.6. The van der Waals surface area contributed by atoms with E-state index in [0.29, 0.717) is 22.0 Å². The molecule has 1 aliphatic carbocycles. The molecule has 0 bridgehead atoms. The standard InChI is InChI=1S/C27H33F2N7O3/c1-39-23-13-21-18(12-22(23)31-24(37)20-4-9-35(32-20)26(28)29)16-36(33-21)19-14-27(15-19)5-10-34(11-6-27)25(38)17-2-7-30-8-3-17/h4,9,12-13,16-17,19,26,30H,2-3,5-8,10-11,14-15H2,1H3,(H,31,37). The van der Waals surface area contributed by atoms with Gasteiger partial charge >= 0.3 is 6.55 Å². The molecule has 12 heteroatoms. The third kappa shape index (κ3) is 4.97. The first-order valence-corrected chi connectivity index (χ1v) is 13.6. The highest BCUT2D eigenvalue weighted by molar-refractivity contribution is 6.05. The molecule has 2 saturated heterocycles. The number of anilines is 1. The quantitative estimate of drug-likeness (QED) is 0.491. The van der Waals surface area contributed by atoms with Crippen molar-refractivity contribution in [1.29, 1.82) is 0 Å². The Labute approximate surface area is 224 Å². The number of alkyl halides is 2. The number of rotatable bonds is 6. The predicted molar refractivity (Wildman–Crippen MR) is 140 cm³/mol. The van der Waals surface area contributed by atoms with Gasteiger partial charge in [0.2, 0.25) is 5.91 Å². The number of ether oxygens (including phenoxy) is 1. The van der Waals surface area contributed by atoms with Gasteiger partial charge in [0.15, 0.2) is 5.69 Å². The maximum absolute atomic E-state index is 12.9. The van der Waals surface area contributed by atoms with Crippen molar-refractivity contribution < 1.29 is 23.1 Å². The number of hydrogen-bond acceptors (Lipinski definition) is 6. The van der Waals surface area contributed by atoms with Gasteiger partial charge in [0.05, 0.1) is 24.4 Å². The van der Waals surface area contributed by atoms with E-state index in [1.165, 1.54) is 13.2 Å². The number of amides is 2. The summed E-state index contributed by atoms with van der Waals surface area (Å²) in [6.45, 7) is 0.725. The van der Waals surface area contributed by atoms with Crippen molar-refractivity contribution >= 4 is 28.4 Å². The van der Waals surface area contributed by atoms with Gasteiger partial charge in [-0.15, -0.1) is 0 Å². The van der Waals surface area contributed by atoms with Crippen molar-refractivity contribution in [2.45, 2.75) is 51.1 Å². The number of benzene rings is 1. The average Bonchev–Trinajstić information content (AvgIpc) is 3.59. The Balaban J connectivity index is 1.10. The van der Waals surface area contributed by atoms with Crippen LogP contribution in [0.1, 0.15) is 61.6 Å². The molecule has 0 atom stereocenters. The number of likely N-dealkylation sites (tertiary alicyclic amines) is 1. The van der Waals surface area contributed by atoms with Gasteiger partial charge in [-0.2, -0.15) is 19.0 Å². The minimum Gasteiger partial charge on any atom is -0.494 e. The van der Waals surface area contributed by atoms with E-state index in [0.717, 1.165) is 81.8 Å². The number of hydrogen-bond donors (Lipinski definition) is 2. The smallest absolute Gasteiger partial charge is 0.333 e. The highest BCUT2D eigenvalue weighted by atomic mass is 19.3. The number of carbonyl (C=O) groups excluding carboxylic acids is 2. The lowest BCUT2D eigenvalue weighted by Gasteiger charge is -2.52. The van der Waals surface area contributed by atoms with Gasteiger partial charge in [-0.1, -0.05) is 0 Å². The van der Waals surface area contributed by atoms with Gasteiger partial charge in [-0.05, 0) is 69.2 Å². The first-order chi connectivity index (χ1) is 18.8. The van der Waals surface area contributed by atoms with Crippen molar-refractivity contribution in [3.8, 4) is 5.75 Å². The molecule has 39 heavy (non-hydrogen) atoms. The van der Waals surface area contributed by atoms with Crippen LogP contribution in [-0.2, 0) is 4.79 Å².